The third-order valence-electron chi connectivity index (χ3n) is 4.26. The first kappa shape index (κ1) is 14.3. The summed E-state index contributed by atoms with van der Waals surface area (Å²) in [5.74, 6) is 1.03. The summed E-state index contributed by atoms with van der Waals surface area (Å²) in [5, 5.41) is 3.60. The Morgan fingerprint density at radius 3 is 2.71 bits per heavy atom. The van der Waals surface area contributed by atoms with Crippen molar-refractivity contribution in [2.45, 2.75) is 31.8 Å². The van der Waals surface area contributed by atoms with E-state index in [4.69, 9.17) is 0 Å². The number of likely N-dealkylation sites (tertiary alicyclic amines) is 1. The lowest BCUT2D eigenvalue weighted by Crippen LogP contribution is -2.42. The van der Waals surface area contributed by atoms with Gasteiger partial charge in [-0.3, -0.25) is 0 Å². The number of hydrogen-bond donors (Lipinski definition) is 2. The lowest BCUT2D eigenvalue weighted by molar-refractivity contribution is 0.199. The molecule has 4 nitrogen and oxygen atoms in total. The van der Waals surface area contributed by atoms with Crippen LogP contribution in [-0.2, 0) is 13.0 Å². The predicted octanol–water partition coefficient (Wildman–Crippen LogP) is 2.21. The van der Waals surface area contributed by atoms with Crippen molar-refractivity contribution in [3.8, 4) is 0 Å². The Kier molecular flexibility index (Phi) is 5.03. The van der Waals surface area contributed by atoms with Crippen molar-refractivity contribution in [2.75, 3.05) is 19.6 Å². The standard InChI is InChI=1S/C17H24N4/c1-2-4-15(5-3-1)6-11-21-12-7-16(8-13-21)20-14-17-18-9-10-19-17/h1-5,9-10,16,20H,6-8,11-14H2,(H,18,19). The van der Waals surface area contributed by atoms with Gasteiger partial charge < -0.3 is 15.2 Å². The lowest BCUT2D eigenvalue weighted by atomic mass is 10.0. The summed E-state index contributed by atoms with van der Waals surface area (Å²) < 4.78 is 0. The van der Waals surface area contributed by atoms with Crippen molar-refractivity contribution in [1.82, 2.24) is 20.2 Å². The zero-order valence-electron chi connectivity index (χ0n) is 12.5. The number of hydrogen-bond acceptors (Lipinski definition) is 3. The summed E-state index contributed by atoms with van der Waals surface area (Å²) in [5.41, 5.74) is 1.44. The second-order valence-electron chi connectivity index (χ2n) is 5.77. The number of nitrogens with one attached hydrogen (secondary N) is 2. The number of aromatic nitrogens is 2. The predicted molar refractivity (Wildman–Crippen MR) is 85.0 cm³/mol. The minimum absolute atomic E-state index is 0.628. The van der Waals surface area contributed by atoms with Crippen molar-refractivity contribution in [3.05, 3.63) is 54.1 Å². The minimum atomic E-state index is 0.628. The fourth-order valence-electron chi connectivity index (χ4n) is 2.93. The molecule has 0 bridgehead atoms. The second-order valence-corrected chi connectivity index (χ2v) is 5.77. The highest BCUT2D eigenvalue weighted by Crippen LogP contribution is 2.12. The van der Waals surface area contributed by atoms with E-state index in [9.17, 15) is 0 Å². The maximum atomic E-state index is 4.25. The third-order valence-corrected chi connectivity index (χ3v) is 4.26. The van der Waals surface area contributed by atoms with Crippen LogP contribution in [0.4, 0.5) is 0 Å². The Bertz CT molecular complexity index is 501. The Morgan fingerprint density at radius 2 is 2.00 bits per heavy atom. The molecule has 1 aromatic carbocycles. The van der Waals surface area contributed by atoms with Gasteiger partial charge in [0.2, 0.25) is 0 Å². The molecule has 1 fully saturated rings. The van der Waals surface area contributed by atoms with E-state index in [0.717, 1.165) is 18.8 Å². The highest BCUT2D eigenvalue weighted by atomic mass is 15.1. The Balaban J connectivity index is 1.35. The molecular formula is C17H24N4. The second kappa shape index (κ2) is 7.38. The van der Waals surface area contributed by atoms with Crippen LogP contribution in [0.5, 0.6) is 0 Å². The highest BCUT2D eigenvalue weighted by molar-refractivity contribution is 5.14. The molecule has 2 N–H and O–H groups in total. The zero-order chi connectivity index (χ0) is 14.3. The topological polar surface area (TPSA) is 44.0 Å². The van der Waals surface area contributed by atoms with Crippen molar-refractivity contribution < 1.29 is 0 Å². The largest absolute Gasteiger partial charge is 0.348 e. The average molecular weight is 284 g/mol. The van der Waals surface area contributed by atoms with E-state index in [0.29, 0.717) is 6.04 Å². The van der Waals surface area contributed by atoms with Crippen LogP contribution in [-0.4, -0.2) is 40.5 Å². The molecule has 1 aromatic heterocycles. The van der Waals surface area contributed by atoms with E-state index in [1.165, 1.54) is 38.0 Å². The number of benzene rings is 1. The number of aromatic amines is 1. The fraction of sp³-hybridized carbons (Fsp3) is 0.471. The van der Waals surface area contributed by atoms with Crippen LogP contribution in [0.15, 0.2) is 42.7 Å². The number of nitrogens with zero attached hydrogens (tertiary/aromatic N) is 2. The highest BCUT2D eigenvalue weighted by Gasteiger charge is 2.18. The number of H-pyrrole nitrogens is 1. The van der Waals surface area contributed by atoms with Gasteiger partial charge in [0, 0.05) is 25.0 Å². The number of imidazole rings is 1. The Morgan fingerprint density at radius 1 is 1.19 bits per heavy atom. The molecular weight excluding hydrogens is 260 g/mol. The quantitative estimate of drug-likeness (QED) is 0.855. The summed E-state index contributed by atoms with van der Waals surface area (Å²) in [6, 6.07) is 11.4. The number of rotatable bonds is 6. The molecule has 0 spiro atoms. The molecule has 2 aromatic rings. The maximum Gasteiger partial charge on any atom is 0.120 e. The summed E-state index contributed by atoms with van der Waals surface area (Å²) in [7, 11) is 0. The molecule has 1 aliphatic rings. The molecule has 0 amide bonds. The van der Waals surface area contributed by atoms with Gasteiger partial charge in [0.25, 0.3) is 0 Å². The zero-order valence-corrected chi connectivity index (χ0v) is 12.5. The van der Waals surface area contributed by atoms with Gasteiger partial charge >= 0.3 is 0 Å². The molecule has 2 heterocycles. The molecule has 0 unspecified atom stereocenters. The smallest absolute Gasteiger partial charge is 0.120 e. The van der Waals surface area contributed by atoms with Gasteiger partial charge in [-0.15, -0.1) is 0 Å². The first-order chi connectivity index (χ1) is 10.4. The molecule has 4 heteroatoms. The van der Waals surface area contributed by atoms with Crippen LogP contribution in [0, 0.1) is 0 Å². The maximum absolute atomic E-state index is 4.25. The molecule has 21 heavy (non-hydrogen) atoms. The van der Waals surface area contributed by atoms with Crippen molar-refractivity contribution in [2.24, 2.45) is 0 Å². The van der Waals surface area contributed by atoms with E-state index in [-0.39, 0.29) is 0 Å². The summed E-state index contributed by atoms with van der Waals surface area (Å²) in [4.78, 5) is 9.97. The van der Waals surface area contributed by atoms with Crippen molar-refractivity contribution in [3.63, 3.8) is 0 Å². The Labute approximate surface area is 126 Å². The average Bonchev–Trinajstić information content (AvgIpc) is 3.06. The van der Waals surface area contributed by atoms with Gasteiger partial charge in [-0.2, -0.15) is 0 Å². The van der Waals surface area contributed by atoms with Gasteiger partial charge in [0.05, 0.1) is 6.54 Å². The van der Waals surface area contributed by atoms with E-state index >= 15 is 0 Å². The first-order valence-corrected chi connectivity index (χ1v) is 7.88. The summed E-state index contributed by atoms with van der Waals surface area (Å²) in [6.45, 7) is 4.42. The molecule has 0 radical (unpaired) electrons. The number of piperidine rings is 1. The summed E-state index contributed by atoms with van der Waals surface area (Å²) >= 11 is 0. The summed E-state index contributed by atoms with van der Waals surface area (Å²) in [6.07, 6.45) is 7.31. The fourth-order valence-corrected chi connectivity index (χ4v) is 2.93. The van der Waals surface area contributed by atoms with Crippen LogP contribution in [0.2, 0.25) is 0 Å². The van der Waals surface area contributed by atoms with Gasteiger partial charge in [0.1, 0.15) is 5.82 Å². The molecule has 112 valence electrons. The Hall–Kier alpha value is -1.65. The van der Waals surface area contributed by atoms with Crippen LogP contribution in [0.1, 0.15) is 24.2 Å². The van der Waals surface area contributed by atoms with Crippen molar-refractivity contribution in [1.29, 1.82) is 0 Å². The van der Waals surface area contributed by atoms with E-state index in [1.54, 1.807) is 0 Å². The lowest BCUT2D eigenvalue weighted by Gasteiger charge is -2.32. The normalized spacial score (nSPS) is 17.1. The SMILES string of the molecule is c1ccc(CCN2CCC(NCc3ncc[nH]3)CC2)cc1. The van der Waals surface area contributed by atoms with Gasteiger partial charge in [-0.05, 0) is 37.9 Å². The molecule has 0 saturated carbocycles. The molecule has 1 saturated heterocycles. The van der Waals surface area contributed by atoms with Crippen LogP contribution in [0.3, 0.4) is 0 Å². The molecule has 3 rings (SSSR count). The minimum Gasteiger partial charge on any atom is -0.348 e. The molecule has 1 aliphatic heterocycles. The van der Waals surface area contributed by atoms with Crippen LogP contribution < -0.4 is 5.32 Å². The van der Waals surface area contributed by atoms with Gasteiger partial charge in [-0.25, -0.2) is 4.98 Å². The van der Waals surface area contributed by atoms with E-state index in [1.807, 2.05) is 12.4 Å². The third kappa shape index (κ3) is 4.41. The van der Waals surface area contributed by atoms with Crippen LogP contribution in [0.25, 0.3) is 0 Å². The van der Waals surface area contributed by atoms with E-state index in [2.05, 4.69) is 50.5 Å². The van der Waals surface area contributed by atoms with Crippen molar-refractivity contribution >= 4 is 0 Å². The molecule has 0 aliphatic carbocycles. The van der Waals surface area contributed by atoms with Gasteiger partial charge in [0.15, 0.2) is 0 Å². The van der Waals surface area contributed by atoms with Crippen LogP contribution >= 0.6 is 0 Å². The van der Waals surface area contributed by atoms with Gasteiger partial charge in [-0.1, -0.05) is 30.3 Å². The molecule has 0 atom stereocenters. The first-order valence-electron chi connectivity index (χ1n) is 7.88. The van der Waals surface area contributed by atoms with E-state index < -0.39 is 0 Å². The monoisotopic (exact) mass is 284 g/mol.